The fourth-order valence-electron chi connectivity index (χ4n) is 2.71. The lowest BCUT2D eigenvalue weighted by Crippen LogP contribution is -2.36. The van der Waals surface area contributed by atoms with E-state index >= 15 is 0 Å². The van der Waals surface area contributed by atoms with E-state index in [4.69, 9.17) is 0 Å². The summed E-state index contributed by atoms with van der Waals surface area (Å²) in [5.74, 6) is 1.30. The molecule has 1 rings (SSSR count). The highest BCUT2D eigenvalue weighted by Crippen LogP contribution is 2.28. The van der Waals surface area contributed by atoms with E-state index in [2.05, 4.69) is 32.6 Å². The van der Waals surface area contributed by atoms with Gasteiger partial charge in [-0.05, 0) is 51.5 Å². The van der Waals surface area contributed by atoms with Gasteiger partial charge < -0.3 is 10.0 Å². The lowest BCUT2D eigenvalue weighted by molar-refractivity contribution is 0.109. The Kier molecular flexibility index (Phi) is 5.77. The van der Waals surface area contributed by atoms with Crippen molar-refractivity contribution in [2.45, 2.75) is 65.5 Å². The Labute approximate surface area is 101 Å². The molecule has 0 aromatic heterocycles. The summed E-state index contributed by atoms with van der Waals surface area (Å²) in [7, 11) is 0. The maximum absolute atomic E-state index is 9.80. The van der Waals surface area contributed by atoms with Crippen LogP contribution in [0.25, 0.3) is 0 Å². The molecule has 0 bridgehead atoms. The van der Waals surface area contributed by atoms with Gasteiger partial charge in [0.25, 0.3) is 0 Å². The average molecular weight is 227 g/mol. The average Bonchev–Trinajstić information content (AvgIpc) is 2.57. The fourth-order valence-corrected chi connectivity index (χ4v) is 2.71. The molecular weight excluding hydrogens is 198 g/mol. The molecular formula is C14H29NO. The molecule has 0 spiro atoms. The molecule has 0 radical (unpaired) electrons. The van der Waals surface area contributed by atoms with E-state index in [9.17, 15) is 5.11 Å². The van der Waals surface area contributed by atoms with Crippen molar-refractivity contribution in [3.8, 4) is 0 Å². The second-order valence-corrected chi connectivity index (χ2v) is 6.03. The fraction of sp³-hybridized carbons (Fsp3) is 1.00. The molecule has 1 fully saturated rings. The van der Waals surface area contributed by atoms with Crippen molar-refractivity contribution in [2.24, 2.45) is 11.8 Å². The number of aliphatic hydroxyl groups excluding tert-OH is 1. The van der Waals surface area contributed by atoms with E-state index in [-0.39, 0.29) is 6.10 Å². The van der Waals surface area contributed by atoms with Crippen molar-refractivity contribution >= 4 is 0 Å². The lowest BCUT2D eigenvalue weighted by atomic mass is 10.0. The molecule has 96 valence electrons. The highest BCUT2D eigenvalue weighted by atomic mass is 16.3. The van der Waals surface area contributed by atoms with Crippen LogP contribution < -0.4 is 0 Å². The Hall–Kier alpha value is -0.0800. The van der Waals surface area contributed by atoms with Crippen LogP contribution in [0.5, 0.6) is 0 Å². The van der Waals surface area contributed by atoms with Crippen LogP contribution in [0, 0.1) is 11.8 Å². The van der Waals surface area contributed by atoms with Gasteiger partial charge in [-0.2, -0.15) is 0 Å². The Morgan fingerprint density at radius 1 is 1.19 bits per heavy atom. The molecule has 2 atom stereocenters. The van der Waals surface area contributed by atoms with Crippen molar-refractivity contribution in [3.05, 3.63) is 0 Å². The summed E-state index contributed by atoms with van der Waals surface area (Å²) in [5, 5.41) is 9.80. The first-order valence-corrected chi connectivity index (χ1v) is 6.92. The Morgan fingerprint density at radius 3 is 2.31 bits per heavy atom. The van der Waals surface area contributed by atoms with Crippen LogP contribution in [-0.2, 0) is 0 Å². The molecule has 1 N–H and O–H groups in total. The highest BCUT2D eigenvalue weighted by molar-refractivity contribution is 4.78. The first-order chi connectivity index (χ1) is 7.50. The van der Waals surface area contributed by atoms with Crippen LogP contribution >= 0.6 is 0 Å². The molecule has 0 amide bonds. The molecule has 2 nitrogen and oxygen atoms in total. The zero-order chi connectivity index (χ0) is 12.1. The topological polar surface area (TPSA) is 23.5 Å². The normalized spacial score (nSPS) is 26.2. The molecule has 1 aliphatic carbocycles. The zero-order valence-corrected chi connectivity index (χ0v) is 11.4. The molecule has 0 aliphatic heterocycles. The van der Waals surface area contributed by atoms with Gasteiger partial charge in [0.2, 0.25) is 0 Å². The van der Waals surface area contributed by atoms with Crippen molar-refractivity contribution in [3.63, 3.8) is 0 Å². The third-order valence-corrected chi connectivity index (χ3v) is 3.74. The number of hydrogen-bond donors (Lipinski definition) is 1. The summed E-state index contributed by atoms with van der Waals surface area (Å²) in [6.45, 7) is 11.4. The summed E-state index contributed by atoms with van der Waals surface area (Å²) < 4.78 is 0. The molecule has 2 unspecified atom stereocenters. The molecule has 1 aliphatic rings. The maximum atomic E-state index is 9.80. The number of aliphatic hydroxyl groups is 1. The van der Waals surface area contributed by atoms with E-state index in [0.717, 1.165) is 18.9 Å². The van der Waals surface area contributed by atoms with Gasteiger partial charge in [-0.1, -0.05) is 20.3 Å². The maximum Gasteiger partial charge on any atom is 0.0568 e. The Bertz CT molecular complexity index is 191. The third-order valence-electron chi connectivity index (χ3n) is 3.74. The minimum atomic E-state index is -0.0203. The van der Waals surface area contributed by atoms with E-state index in [1.165, 1.54) is 25.8 Å². The predicted octanol–water partition coefficient (Wildman–Crippen LogP) is 2.90. The molecule has 0 aromatic carbocycles. The third kappa shape index (κ3) is 4.42. The molecule has 0 heterocycles. The van der Waals surface area contributed by atoms with Crippen molar-refractivity contribution in [2.75, 3.05) is 13.1 Å². The predicted molar refractivity (Wildman–Crippen MR) is 69.5 cm³/mol. The highest BCUT2D eigenvalue weighted by Gasteiger charge is 2.25. The van der Waals surface area contributed by atoms with Gasteiger partial charge in [0.05, 0.1) is 6.10 Å². The molecule has 2 heteroatoms. The number of rotatable bonds is 6. The van der Waals surface area contributed by atoms with Gasteiger partial charge >= 0.3 is 0 Å². The minimum absolute atomic E-state index is 0.0203. The van der Waals surface area contributed by atoms with Crippen LogP contribution in [0.4, 0.5) is 0 Å². The van der Waals surface area contributed by atoms with Gasteiger partial charge in [-0.25, -0.2) is 0 Å². The van der Waals surface area contributed by atoms with Gasteiger partial charge in [-0.3, -0.25) is 0 Å². The van der Waals surface area contributed by atoms with Crippen LogP contribution in [0.3, 0.4) is 0 Å². The van der Waals surface area contributed by atoms with Crippen LogP contribution in [0.1, 0.15) is 53.4 Å². The first kappa shape index (κ1) is 14.0. The minimum Gasteiger partial charge on any atom is -0.393 e. The zero-order valence-electron chi connectivity index (χ0n) is 11.4. The molecule has 0 aromatic rings. The summed E-state index contributed by atoms with van der Waals surface area (Å²) in [6, 6.07) is 0.626. The second kappa shape index (κ2) is 6.61. The second-order valence-electron chi connectivity index (χ2n) is 6.03. The Morgan fingerprint density at radius 2 is 1.88 bits per heavy atom. The van der Waals surface area contributed by atoms with Crippen molar-refractivity contribution in [1.29, 1.82) is 0 Å². The van der Waals surface area contributed by atoms with Gasteiger partial charge in [0.1, 0.15) is 0 Å². The summed E-state index contributed by atoms with van der Waals surface area (Å²) in [5.41, 5.74) is 0. The molecule has 1 saturated carbocycles. The van der Waals surface area contributed by atoms with Gasteiger partial charge in [-0.15, -0.1) is 0 Å². The van der Waals surface area contributed by atoms with E-state index < -0.39 is 0 Å². The number of hydrogen-bond acceptors (Lipinski definition) is 2. The summed E-state index contributed by atoms with van der Waals surface area (Å²) in [6.07, 6.45) is 4.63. The molecule has 16 heavy (non-hydrogen) atoms. The van der Waals surface area contributed by atoms with E-state index in [0.29, 0.717) is 12.0 Å². The smallest absolute Gasteiger partial charge is 0.0568 e. The summed E-state index contributed by atoms with van der Waals surface area (Å²) in [4.78, 5) is 2.55. The largest absolute Gasteiger partial charge is 0.393 e. The van der Waals surface area contributed by atoms with Crippen LogP contribution in [-0.4, -0.2) is 35.2 Å². The van der Waals surface area contributed by atoms with Gasteiger partial charge in [0.15, 0.2) is 0 Å². The number of nitrogens with zero attached hydrogens (tertiary/aromatic N) is 1. The van der Waals surface area contributed by atoms with Crippen molar-refractivity contribution in [1.82, 2.24) is 4.90 Å². The van der Waals surface area contributed by atoms with Crippen molar-refractivity contribution < 1.29 is 5.11 Å². The van der Waals surface area contributed by atoms with Crippen LogP contribution in [0.2, 0.25) is 0 Å². The SMILES string of the molecule is CC(C)CN(CCC1CCCC1O)C(C)C. The van der Waals surface area contributed by atoms with E-state index in [1.54, 1.807) is 0 Å². The first-order valence-electron chi connectivity index (χ1n) is 6.92. The quantitative estimate of drug-likeness (QED) is 0.754. The lowest BCUT2D eigenvalue weighted by Gasteiger charge is -2.29. The molecule has 0 saturated heterocycles. The monoisotopic (exact) mass is 227 g/mol. The standard InChI is InChI=1S/C14H29NO/c1-11(2)10-15(12(3)4)9-8-13-6-5-7-14(13)16/h11-14,16H,5-10H2,1-4H3. The Balaban J connectivity index is 2.31. The van der Waals surface area contributed by atoms with Crippen LogP contribution in [0.15, 0.2) is 0 Å². The summed E-state index contributed by atoms with van der Waals surface area (Å²) >= 11 is 0. The van der Waals surface area contributed by atoms with E-state index in [1.807, 2.05) is 0 Å². The van der Waals surface area contributed by atoms with Gasteiger partial charge in [0, 0.05) is 12.6 Å².